The number of phenolic OH excluding ortho intramolecular Hbond substituents is 1. The van der Waals surface area contributed by atoms with E-state index in [9.17, 15) is 10.1 Å². The lowest BCUT2D eigenvalue weighted by atomic mass is 10.2. The highest BCUT2D eigenvalue weighted by Gasteiger charge is 2.20. The van der Waals surface area contributed by atoms with E-state index in [2.05, 4.69) is 20.5 Å². The summed E-state index contributed by atoms with van der Waals surface area (Å²) in [4.78, 5) is 17.4. The molecule has 2 rings (SSSR count). The van der Waals surface area contributed by atoms with Crippen LogP contribution in [0.25, 0.3) is 0 Å². The lowest BCUT2D eigenvalue weighted by molar-refractivity contribution is -0.383. The molecular formula is C11H10N6O3. The molecule has 0 aliphatic carbocycles. The standard InChI is InChI=1S/C11H10N6O3/c12-10-9(17(19)20)11(14-6-13-10)16-15-5-7-1-3-8(18)4-2-7/h1-6,18H,(H3,12,13,14,16)/b15-5+. The predicted molar refractivity (Wildman–Crippen MR) is 72.4 cm³/mol. The summed E-state index contributed by atoms with van der Waals surface area (Å²) in [5.41, 5.74) is 8.10. The van der Waals surface area contributed by atoms with Crippen LogP contribution in [-0.2, 0) is 0 Å². The molecule has 1 aromatic carbocycles. The average Bonchev–Trinajstić information content (AvgIpc) is 2.40. The van der Waals surface area contributed by atoms with Crippen molar-refractivity contribution in [2.24, 2.45) is 5.10 Å². The number of nitrogens with two attached hydrogens (primary N) is 1. The number of nitrogens with one attached hydrogen (secondary N) is 1. The zero-order valence-corrected chi connectivity index (χ0v) is 10.1. The molecule has 9 nitrogen and oxygen atoms in total. The molecule has 2 aromatic rings. The van der Waals surface area contributed by atoms with Crippen molar-refractivity contribution in [1.29, 1.82) is 0 Å². The molecule has 0 aliphatic heterocycles. The van der Waals surface area contributed by atoms with Gasteiger partial charge in [-0.1, -0.05) is 0 Å². The number of nitrogen functional groups attached to an aromatic ring is 1. The second kappa shape index (κ2) is 5.61. The Hall–Kier alpha value is -3.23. The van der Waals surface area contributed by atoms with Gasteiger partial charge in [0.15, 0.2) is 0 Å². The number of hydrogen-bond donors (Lipinski definition) is 3. The van der Waals surface area contributed by atoms with Crippen molar-refractivity contribution in [3.63, 3.8) is 0 Å². The predicted octanol–water partition coefficient (Wildman–Crippen LogP) is 1.12. The lowest BCUT2D eigenvalue weighted by Gasteiger charge is -2.01. The Morgan fingerprint density at radius 1 is 1.35 bits per heavy atom. The molecule has 0 aliphatic rings. The molecule has 1 heterocycles. The number of aromatic nitrogens is 2. The lowest BCUT2D eigenvalue weighted by Crippen LogP contribution is -2.04. The minimum absolute atomic E-state index is 0.0995. The smallest absolute Gasteiger partial charge is 0.354 e. The highest BCUT2D eigenvalue weighted by Crippen LogP contribution is 2.25. The van der Waals surface area contributed by atoms with Crippen molar-refractivity contribution in [2.45, 2.75) is 0 Å². The molecule has 4 N–H and O–H groups in total. The first-order chi connectivity index (χ1) is 9.58. The maximum absolute atomic E-state index is 10.8. The van der Waals surface area contributed by atoms with Crippen LogP contribution in [-0.4, -0.2) is 26.2 Å². The van der Waals surface area contributed by atoms with Gasteiger partial charge in [0.25, 0.3) is 0 Å². The summed E-state index contributed by atoms with van der Waals surface area (Å²) in [5, 5.41) is 23.8. The molecule has 0 fully saturated rings. The van der Waals surface area contributed by atoms with Crippen molar-refractivity contribution < 1.29 is 10.0 Å². The molecule has 0 unspecified atom stereocenters. The first-order valence-electron chi connectivity index (χ1n) is 5.41. The number of hydrazone groups is 1. The van der Waals surface area contributed by atoms with Gasteiger partial charge in [-0.25, -0.2) is 9.97 Å². The SMILES string of the molecule is Nc1ncnc(N/N=C/c2ccc(O)cc2)c1[N+](=O)[O-]. The Labute approximate surface area is 112 Å². The van der Waals surface area contributed by atoms with E-state index >= 15 is 0 Å². The van der Waals surface area contributed by atoms with E-state index < -0.39 is 10.6 Å². The van der Waals surface area contributed by atoms with Crippen molar-refractivity contribution in [1.82, 2.24) is 9.97 Å². The number of nitro groups is 1. The van der Waals surface area contributed by atoms with Crippen LogP contribution in [0.4, 0.5) is 17.3 Å². The van der Waals surface area contributed by atoms with Crippen LogP contribution in [0.3, 0.4) is 0 Å². The number of benzene rings is 1. The zero-order chi connectivity index (χ0) is 14.5. The fourth-order valence-electron chi connectivity index (χ4n) is 1.38. The van der Waals surface area contributed by atoms with Gasteiger partial charge in [0.2, 0.25) is 11.6 Å². The minimum Gasteiger partial charge on any atom is -0.508 e. The number of anilines is 2. The maximum atomic E-state index is 10.8. The third-order valence-corrected chi connectivity index (χ3v) is 2.31. The van der Waals surface area contributed by atoms with Crippen LogP contribution in [0.1, 0.15) is 5.56 Å². The fraction of sp³-hybridized carbons (Fsp3) is 0. The Bertz CT molecular complexity index is 656. The molecule has 1 aromatic heterocycles. The summed E-state index contributed by atoms with van der Waals surface area (Å²) in [6.45, 7) is 0. The average molecular weight is 274 g/mol. The second-order valence-electron chi connectivity index (χ2n) is 3.67. The van der Waals surface area contributed by atoms with Gasteiger partial charge >= 0.3 is 5.69 Å². The first kappa shape index (κ1) is 13.2. The minimum atomic E-state index is -0.687. The van der Waals surface area contributed by atoms with Gasteiger partial charge in [-0.3, -0.25) is 15.5 Å². The molecule has 0 atom stereocenters. The number of hydrogen-bond acceptors (Lipinski definition) is 8. The van der Waals surface area contributed by atoms with Crippen LogP contribution in [0.2, 0.25) is 0 Å². The molecule has 9 heteroatoms. The Balaban J connectivity index is 2.17. The highest BCUT2D eigenvalue weighted by molar-refractivity contribution is 5.80. The highest BCUT2D eigenvalue weighted by atomic mass is 16.6. The molecule has 20 heavy (non-hydrogen) atoms. The van der Waals surface area contributed by atoms with Crippen LogP contribution in [0, 0.1) is 10.1 Å². The molecule has 0 saturated carbocycles. The molecular weight excluding hydrogens is 264 g/mol. The first-order valence-corrected chi connectivity index (χ1v) is 5.41. The van der Waals surface area contributed by atoms with Gasteiger partial charge in [-0.2, -0.15) is 5.10 Å². The largest absolute Gasteiger partial charge is 0.508 e. The summed E-state index contributed by atoms with van der Waals surface area (Å²) < 4.78 is 0. The molecule has 0 spiro atoms. The van der Waals surface area contributed by atoms with E-state index in [1.165, 1.54) is 18.3 Å². The van der Waals surface area contributed by atoms with Gasteiger partial charge in [0.05, 0.1) is 11.1 Å². The number of aromatic hydroxyl groups is 1. The Morgan fingerprint density at radius 3 is 2.70 bits per heavy atom. The van der Waals surface area contributed by atoms with Gasteiger partial charge in [0.1, 0.15) is 12.1 Å². The normalized spacial score (nSPS) is 10.6. The van der Waals surface area contributed by atoms with Crippen molar-refractivity contribution in [2.75, 3.05) is 11.2 Å². The Morgan fingerprint density at radius 2 is 2.05 bits per heavy atom. The zero-order valence-electron chi connectivity index (χ0n) is 10.1. The van der Waals surface area contributed by atoms with Gasteiger partial charge in [-0.05, 0) is 29.8 Å². The van der Waals surface area contributed by atoms with Gasteiger partial charge in [0, 0.05) is 0 Å². The van der Waals surface area contributed by atoms with Crippen LogP contribution < -0.4 is 11.2 Å². The van der Waals surface area contributed by atoms with E-state index in [1.54, 1.807) is 12.1 Å². The van der Waals surface area contributed by atoms with Gasteiger partial charge < -0.3 is 10.8 Å². The molecule has 0 radical (unpaired) electrons. The van der Waals surface area contributed by atoms with Crippen molar-refractivity contribution in [3.8, 4) is 5.75 Å². The second-order valence-corrected chi connectivity index (χ2v) is 3.67. The van der Waals surface area contributed by atoms with Crippen LogP contribution >= 0.6 is 0 Å². The summed E-state index contributed by atoms with van der Waals surface area (Å²) in [6.07, 6.45) is 2.52. The summed E-state index contributed by atoms with van der Waals surface area (Å²) in [7, 11) is 0. The van der Waals surface area contributed by atoms with E-state index in [0.717, 1.165) is 6.33 Å². The Kier molecular flexibility index (Phi) is 3.70. The van der Waals surface area contributed by atoms with Gasteiger partial charge in [-0.15, -0.1) is 0 Å². The summed E-state index contributed by atoms with van der Waals surface area (Å²) in [6, 6.07) is 6.24. The topological polar surface area (TPSA) is 140 Å². The van der Waals surface area contributed by atoms with Crippen molar-refractivity contribution >= 4 is 23.5 Å². The fourth-order valence-corrected chi connectivity index (χ4v) is 1.38. The van der Waals surface area contributed by atoms with E-state index in [4.69, 9.17) is 10.8 Å². The monoisotopic (exact) mass is 274 g/mol. The van der Waals surface area contributed by atoms with E-state index in [-0.39, 0.29) is 17.4 Å². The number of nitrogens with zero attached hydrogens (tertiary/aromatic N) is 4. The quantitative estimate of drug-likeness (QED) is 0.431. The molecule has 102 valence electrons. The molecule has 0 bridgehead atoms. The molecule has 0 saturated heterocycles. The van der Waals surface area contributed by atoms with Crippen LogP contribution in [0.5, 0.6) is 5.75 Å². The third kappa shape index (κ3) is 2.96. The number of phenols is 1. The maximum Gasteiger partial charge on any atom is 0.354 e. The van der Waals surface area contributed by atoms with E-state index in [0.29, 0.717) is 5.56 Å². The third-order valence-electron chi connectivity index (χ3n) is 2.31. The van der Waals surface area contributed by atoms with E-state index in [1.807, 2.05) is 0 Å². The van der Waals surface area contributed by atoms with Crippen LogP contribution in [0.15, 0.2) is 35.7 Å². The summed E-state index contributed by atoms with van der Waals surface area (Å²) in [5.74, 6) is -0.209. The number of rotatable bonds is 4. The summed E-state index contributed by atoms with van der Waals surface area (Å²) >= 11 is 0. The van der Waals surface area contributed by atoms with Crippen molar-refractivity contribution in [3.05, 3.63) is 46.3 Å². The molecule has 0 amide bonds.